The summed E-state index contributed by atoms with van der Waals surface area (Å²) in [6.07, 6.45) is -3.97. The number of rotatable bonds is 6. The van der Waals surface area contributed by atoms with Crippen LogP contribution in [0.4, 0.5) is 19.1 Å². The van der Waals surface area contributed by atoms with Crippen LogP contribution in [-0.2, 0) is 26.8 Å². The van der Waals surface area contributed by atoms with E-state index in [1.54, 1.807) is 7.05 Å². The van der Waals surface area contributed by atoms with Gasteiger partial charge in [0.2, 0.25) is 5.95 Å². The van der Waals surface area contributed by atoms with Crippen molar-refractivity contribution in [3.63, 3.8) is 0 Å². The molecular formula is C18H20F3N5O3. The van der Waals surface area contributed by atoms with E-state index in [4.69, 9.17) is 5.11 Å². The van der Waals surface area contributed by atoms with Gasteiger partial charge in [-0.25, -0.2) is 4.79 Å². The number of benzene rings is 1. The second-order valence-electron chi connectivity index (χ2n) is 6.60. The van der Waals surface area contributed by atoms with Gasteiger partial charge in [0, 0.05) is 27.2 Å². The van der Waals surface area contributed by atoms with E-state index in [0.29, 0.717) is 24.5 Å². The first-order chi connectivity index (χ1) is 13.6. The molecule has 0 saturated carbocycles. The molecule has 0 amide bonds. The summed E-state index contributed by atoms with van der Waals surface area (Å²) >= 11 is 0. The maximum absolute atomic E-state index is 12.9. The SMILES string of the molecule is Cn1c(NCCCO)nc2c1c(=O)n(Cc1ccc(C(F)(F)F)cc1)c(=O)n2C. The van der Waals surface area contributed by atoms with Crippen LogP contribution < -0.4 is 16.6 Å². The van der Waals surface area contributed by atoms with Crippen LogP contribution >= 0.6 is 0 Å². The van der Waals surface area contributed by atoms with Gasteiger partial charge in [0.05, 0.1) is 12.1 Å². The van der Waals surface area contributed by atoms with Crippen LogP contribution in [0.5, 0.6) is 0 Å². The molecular weight excluding hydrogens is 391 g/mol. The molecule has 2 aromatic heterocycles. The molecule has 0 bridgehead atoms. The van der Waals surface area contributed by atoms with E-state index in [1.807, 2.05) is 0 Å². The minimum Gasteiger partial charge on any atom is -0.396 e. The van der Waals surface area contributed by atoms with Gasteiger partial charge >= 0.3 is 11.9 Å². The average molecular weight is 411 g/mol. The Hall–Kier alpha value is -3.08. The van der Waals surface area contributed by atoms with Crippen molar-refractivity contribution in [2.24, 2.45) is 14.1 Å². The number of fused-ring (bicyclic) bond motifs is 1. The van der Waals surface area contributed by atoms with Crippen LogP contribution in [0.15, 0.2) is 33.9 Å². The van der Waals surface area contributed by atoms with E-state index in [9.17, 15) is 22.8 Å². The van der Waals surface area contributed by atoms with E-state index < -0.39 is 23.0 Å². The summed E-state index contributed by atoms with van der Waals surface area (Å²) in [5, 5.41) is 11.9. The third kappa shape index (κ3) is 3.90. The predicted octanol–water partition coefficient (Wildman–Crippen LogP) is 1.30. The zero-order valence-electron chi connectivity index (χ0n) is 15.8. The fraction of sp³-hybridized carbons (Fsp3) is 0.389. The molecule has 0 aliphatic carbocycles. The molecule has 3 aromatic rings. The number of nitrogens with zero attached hydrogens (tertiary/aromatic N) is 4. The van der Waals surface area contributed by atoms with Crippen LogP contribution in [0.1, 0.15) is 17.5 Å². The molecule has 0 aliphatic heterocycles. The fourth-order valence-corrected chi connectivity index (χ4v) is 3.00. The van der Waals surface area contributed by atoms with Crippen molar-refractivity contribution in [1.29, 1.82) is 0 Å². The number of hydrogen-bond donors (Lipinski definition) is 2. The van der Waals surface area contributed by atoms with Gasteiger partial charge in [0.15, 0.2) is 11.2 Å². The van der Waals surface area contributed by atoms with Crippen LogP contribution in [0, 0.1) is 0 Å². The summed E-state index contributed by atoms with van der Waals surface area (Å²) in [5.41, 5.74) is -1.25. The number of aromatic nitrogens is 4. The molecule has 8 nitrogen and oxygen atoms in total. The Morgan fingerprint density at radius 1 is 1.10 bits per heavy atom. The lowest BCUT2D eigenvalue weighted by Gasteiger charge is -2.10. The largest absolute Gasteiger partial charge is 0.416 e. The molecule has 156 valence electrons. The Balaban J connectivity index is 2.03. The van der Waals surface area contributed by atoms with E-state index >= 15 is 0 Å². The van der Waals surface area contributed by atoms with Crippen molar-refractivity contribution >= 4 is 17.1 Å². The second kappa shape index (κ2) is 7.74. The highest BCUT2D eigenvalue weighted by atomic mass is 19.4. The lowest BCUT2D eigenvalue weighted by Crippen LogP contribution is -2.39. The average Bonchev–Trinajstić information content (AvgIpc) is 3.00. The fourth-order valence-electron chi connectivity index (χ4n) is 3.00. The molecule has 29 heavy (non-hydrogen) atoms. The number of halogens is 3. The smallest absolute Gasteiger partial charge is 0.396 e. The van der Waals surface area contributed by atoms with E-state index in [1.165, 1.54) is 28.3 Å². The highest BCUT2D eigenvalue weighted by Gasteiger charge is 2.30. The third-order valence-electron chi connectivity index (χ3n) is 4.60. The first-order valence-corrected chi connectivity index (χ1v) is 8.82. The van der Waals surface area contributed by atoms with Crippen molar-refractivity contribution in [2.75, 3.05) is 18.5 Å². The molecule has 0 aliphatic rings. The summed E-state index contributed by atoms with van der Waals surface area (Å²) in [5.74, 6) is 0.368. The molecule has 0 saturated heterocycles. The number of aliphatic hydroxyl groups is 1. The minimum absolute atomic E-state index is 0.00460. The minimum atomic E-state index is -4.46. The number of alkyl halides is 3. The number of aryl methyl sites for hydroxylation is 2. The first kappa shape index (κ1) is 20.6. The van der Waals surface area contributed by atoms with Crippen molar-refractivity contribution in [1.82, 2.24) is 18.7 Å². The quantitative estimate of drug-likeness (QED) is 0.597. The number of hydrogen-bond acceptors (Lipinski definition) is 5. The highest BCUT2D eigenvalue weighted by Crippen LogP contribution is 2.29. The van der Waals surface area contributed by atoms with Crippen LogP contribution in [0.2, 0.25) is 0 Å². The van der Waals surface area contributed by atoms with Crippen molar-refractivity contribution in [3.05, 3.63) is 56.2 Å². The monoisotopic (exact) mass is 411 g/mol. The highest BCUT2D eigenvalue weighted by molar-refractivity contribution is 5.74. The molecule has 3 rings (SSSR count). The first-order valence-electron chi connectivity index (χ1n) is 8.82. The Bertz CT molecular complexity index is 1140. The topological polar surface area (TPSA) is 94.1 Å². The lowest BCUT2D eigenvalue weighted by atomic mass is 10.1. The molecule has 11 heteroatoms. The van der Waals surface area contributed by atoms with Gasteiger partial charge in [-0.15, -0.1) is 0 Å². The molecule has 0 unspecified atom stereocenters. The Morgan fingerprint density at radius 3 is 2.34 bits per heavy atom. The van der Waals surface area contributed by atoms with Gasteiger partial charge in [-0.1, -0.05) is 12.1 Å². The van der Waals surface area contributed by atoms with Crippen LogP contribution in [0.3, 0.4) is 0 Å². The normalized spacial score (nSPS) is 11.9. The van der Waals surface area contributed by atoms with E-state index in [2.05, 4.69) is 10.3 Å². The zero-order chi connectivity index (χ0) is 21.3. The Kier molecular flexibility index (Phi) is 5.51. The molecule has 2 N–H and O–H groups in total. The van der Waals surface area contributed by atoms with Gasteiger partial charge in [-0.2, -0.15) is 18.2 Å². The molecule has 0 atom stereocenters. The maximum atomic E-state index is 12.9. The van der Waals surface area contributed by atoms with Crippen molar-refractivity contribution in [2.45, 2.75) is 19.1 Å². The predicted molar refractivity (Wildman–Crippen MR) is 101 cm³/mol. The van der Waals surface area contributed by atoms with Crippen LogP contribution in [0.25, 0.3) is 11.2 Å². The molecule has 1 aromatic carbocycles. The number of nitrogens with one attached hydrogen (secondary N) is 1. The molecule has 2 heterocycles. The molecule has 0 spiro atoms. The number of aliphatic hydroxyl groups excluding tert-OH is 1. The Labute approximate surface area is 162 Å². The summed E-state index contributed by atoms with van der Waals surface area (Å²) in [6.45, 7) is 0.259. The number of anilines is 1. The van der Waals surface area contributed by atoms with Crippen LogP contribution in [-0.4, -0.2) is 36.9 Å². The van der Waals surface area contributed by atoms with Gasteiger partial charge in [-0.05, 0) is 24.1 Å². The van der Waals surface area contributed by atoms with Gasteiger partial charge in [0.1, 0.15) is 0 Å². The summed E-state index contributed by atoms with van der Waals surface area (Å²) in [4.78, 5) is 29.9. The van der Waals surface area contributed by atoms with Crippen molar-refractivity contribution in [3.8, 4) is 0 Å². The Morgan fingerprint density at radius 2 is 1.76 bits per heavy atom. The maximum Gasteiger partial charge on any atom is 0.416 e. The van der Waals surface area contributed by atoms with E-state index in [-0.39, 0.29) is 24.3 Å². The standard InChI is InChI=1S/C18H20F3N5O3/c1-24-13-14(23-16(24)22-8-3-9-27)25(2)17(29)26(15(13)28)10-11-4-6-12(7-5-11)18(19,20)21/h4-7,27H,3,8-10H2,1-2H3,(H,22,23). The van der Waals surface area contributed by atoms with Gasteiger partial charge in [-0.3, -0.25) is 13.9 Å². The van der Waals surface area contributed by atoms with Gasteiger partial charge in [0.25, 0.3) is 5.56 Å². The molecule has 0 radical (unpaired) electrons. The third-order valence-corrected chi connectivity index (χ3v) is 4.60. The number of imidazole rings is 1. The van der Waals surface area contributed by atoms with Gasteiger partial charge < -0.3 is 15.0 Å². The second-order valence-corrected chi connectivity index (χ2v) is 6.60. The summed E-state index contributed by atoms with van der Waals surface area (Å²) in [6, 6.07) is 4.31. The zero-order valence-corrected chi connectivity index (χ0v) is 15.8. The summed E-state index contributed by atoms with van der Waals surface area (Å²) in [7, 11) is 3.09. The summed E-state index contributed by atoms with van der Waals surface area (Å²) < 4.78 is 41.9. The molecule has 0 fully saturated rings. The van der Waals surface area contributed by atoms with E-state index in [0.717, 1.165) is 16.7 Å². The van der Waals surface area contributed by atoms with Crippen molar-refractivity contribution < 1.29 is 18.3 Å². The lowest BCUT2D eigenvalue weighted by molar-refractivity contribution is -0.137.